The first-order valence-corrected chi connectivity index (χ1v) is 6.17. The lowest BCUT2D eigenvalue weighted by Crippen LogP contribution is -2.51. The van der Waals surface area contributed by atoms with E-state index in [1.54, 1.807) is 6.20 Å². The van der Waals surface area contributed by atoms with Gasteiger partial charge in [-0.15, -0.1) is 12.4 Å². The van der Waals surface area contributed by atoms with Gasteiger partial charge in [0.25, 0.3) is 0 Å². The third-order valence-electron chi connectivity index (χ3n) is 3.04. The molecule has 5 heteroatoms. The summed E-state index contributed by atoms with van der Waals surface area (Å²) >= 11 is 0. The summed E-state index contributed by atoms with van der Waals surface area (Å²) in [6.07, 6.45) is 3.06. The van der Waals surface area contributed by atoms with Crippen molar-refractivity contribution < 1.29 is 4.79 Å². The smallest absolute Gasteiger partial charge is 0.223 e. The van der Waals surface area contributed by atoms with Crippen molar-refractivity contribution in [3.63, 3.8) is 0 Å². The van der Waals surface area contributed by atoms with E-state index in [4.69, 9.17) is 0 Å². The molecule has 1 amide bonds. The predicted octanol–water partition coefficient (Wildman–Crippen LogP) is 1.26. The van der Waals surface area contributed by atoms with E-state index in [2.05, 4.69) is 17.2 Å². The molecule has 0 saturated carbocycles. The number of carbonyl (C=O) groups excluding carboxylic acids is 1. The molecule has 0 radical (unpaired) electrons. The molecule has 4 nitrogen and oxygen atoms in total. The Labute approximate surface area is 114 Å². The average molecular weight is 270 g/mol. The van der Waals surface area contributed by atoms with Crippen molar-refractivity contribution in [1.29, 1.82) is 0 Å². The standard InChI is InChI=1S/C13H19N3O.ClH/c1-11-10-16(9-8-14-11)13(17)6-5-12-4-2-3-7-15-12;/h2-4,7,11,14H,5-6,8-10H2,1H3;1H/t11-;/m1./s1. The van der Waals surface area contributed by atoms with Gasteiger partial charge in [-0.1, -0.05) is 6.07 Å². The quantitative estimate of drug-likeness (QED) is 0.899. The van der Waals surface area contributed by atoms with Crippen LogP contribution in [0.3, 0.4) is 0 Å². The third-order valence-corrected chi connectivity index (χ3v) is 3.04. The molecular weight excluding hydrogens is 250 g/mol. The molecule has 0 unspecified atom stereocenters. The van der Waals surface area contributed by atoms with Gasteiger partial charge in [0, 0.05) is 44.0 Å². The van der Waals surface area contributed by atoms with E-state index in [1.165, 1.54) is 0 Å². The van der Waals surface area contributed by atoms with Crippen LogP contribution in [-0.4, -0.2) is 41.5 Å². The molecule has 0 aromatic carbocycles. The lowest BCUT2D eigenvalue weighted by Gasteiger charge is -2.32. The summed E-state index contributed by atoms with van der Waals surface area (Å²) in [6.45, 7) is 4.65. The summed E-state index contributed by atoms with van der Waals surface area (Å²) in [5.74, 6) is 0.240. The van der Waals surface area contributed by atoms with E-state index in [9.17, 15) is 4.79 Å². The molecule has 18 heavy (non-hydrogen) atoms. The number of nitrogens with zero attached hydrogens (tertiary/aromatic N) is 2. The Kier molecular flexibility index (Phi) is 6.09. The summed E-state index contributed by atoms with van der Waals surface area (Å²) in [5, 5.41) is 3.33. The van der Waals surface area contributed by atoms with E-state index in [-0.39, 0.29) is 18.3 Å². The second-order valence-electron chi connectivity index (χ2n) is 4.52. The van der Waals surface area contributed by atoms with Crippen LogP contribution < -0.4 is 5.32 Å². The van der Waals surface area contributed by atoms with Crippen LogP contribution in [0.1, 0.15) is 19.0 Å². The van der Waals surface area contributed by atoms with Crippen LogP contribution in [0.2, 0.25) is 0 Å². The molecule has 1 fully saturated rings. The first kappa shape index (κ1) is 14.9. The molecule has 2 heterocycles. The lowest BCUT2D eigenvalue weighted by atomic mass is 10.1. The van der Waals surface area contributed by atoms with Crippen molar-refractivity contribution in [2.75, 3.05) is 19.6 Å². The van der Waals surface area contributed by atoms with Gasteiger partial charge in [-0.2, -0.15) is 0 Å². The van der Waals surface area contributed by atoms with Crippen LogP contribution in [0.4, 0.5) is 0 Å². The molecule has 1 aromatic heterocycles. The second kappa shape index (κ2) is 7.34. The van der Waals surface area contributed by atoms with Gasteiger partial charge < -0.3 is 10.2 Å². The van der Waals surface area contributed by atoms with Gasteiger partial charge in [-0.3, -0.25) is 9.78 Å². The maximum atomic E-state index is 12.0. The Morgan fingerprint density at radius 2 is 2.39 bits per heavy atom. The molecule has 100 valence electrons. The van der Waals surface area contributed by atoms with E-state index < -0.39 is 0 Å². The highest BCUT2D eigenvalue weighted by molar-refractivity contribution is 5.85. The first-order valence-electron chi connectivity index (χ1n) is 6.17. The van der Waals surface area contributed by atoms with Crippen molar-refractivity contribution in [3.8, 4) is 0 Å². The highest BCUT2D eigenvalue weighted by Crippen LogP contribution is 2.05. The lowest BCUT2D eigenvalue weighted by molar-refractivity contribution is -0.132. The molecule has 1 aromatic rings. The fourth-order valence-corrected chi connectivity index (χ4v) is 2.10. The van der Waals surface area contributed by atoms with Gasteiger partial charge in [0.2, 0.25) is 5.91 Å². The minimum Gasteiger partial charge on any atom is -0.340 e. The minimum atomic E-state index is 0. The summed E-state index contributed by atoms with van der Waals surface area (Å²) in [7, 11) is 0. The van der Waals surface area contributed by atoms with Crippen molar-refractivity contribution in [1.82, 2.24) is 15.2 Å². The zero-order valence-corrected chi connectivity index (χ0v) is 11.4. The molecular formula is C13H20ClN3O. The van der Waals surface area contributed by atoms with Crippen molar-refractivity contribution >= 4 is 18.3 Å². The van der Waals surface area contributed by atoms with Crippen molar-refractivity contribution in [2.24, 2.45) is 0 Å². The molecule has 2 rings (SSSR count). The van der Waals surface area contributed by atoms with Crippen LogP contribution in [0.5, 0.6) is 0 Å². The minimum absolute atomic E-state index is 0. The summed E-state index contributed by atoms with van der Waals surface area (Å²) in [6, 6.07) is 6.22. The predicted molar refractivity (Wildman–Crippen MR) is 73.9 cm³/mol. The molecule has 1 aliphatic rings. The van der Waals surface area contributed by atoms with Gasteiger partial charge in [0.1, 0.15) is 0 Å². The van der Waals surface area contributed by atoms with Crippen LogP contribution in [0, 0.1) is 0 Å². The van der Waals surface area contributed by atoms with Gasteiger partial charge in [-0.25, -0.2) is 0 Å². The molecule has 1 N–H and O–H groups in total. The maximum absolute atomic E-state index is 12.0. The summed E-state index contributed by atoms with van der Waals surface area (Å²) in [4.78, 5) is 18.2. The highest BCUT2D eigenvalue weighted by atomic mass is 35.5. The fraction of sp³-hybridized carbons (Fsp3) is 0.538. The summed E-state index contributed by atoms with van der Waals surface area (Å²) < 4.78 is 0. The van der Waals surface area contributed by atoms with Crippen LogP contribution >= 0.6 is 12.4 Å². The van der Waals surface area contributed by atoms with Crippen LogP contribution in [0.15, 0.2) is 24.4 Å². The number of pyridine rings is 1. The number of piperazine rings is 1. The van der Waals surface area contributed by atoms with E-state index in [0.717, 1.165) is 31.7 Å². The molecule has 1 aliphatic heterocycles. The SMILES string of the molecule is C[C@@H]1CN(C(=O)CCc2ccccn2)CCN1.Cl. The Balaban J connectivity index is 0.00000162. The van der Waals surface area contributed by atoms with Gasteiger partial charge >= 0.3 is 0 Å². The van der Waals surface area contributed by atoms with Crippen molar-refractivity contribution in [3.05, 3.63) is 30.1 Å². The number of hydrogen-bond donors (Lipinski definition) is 1. The van der Waals surface area contributed by atoms with Gasteiger partial charge in [0.15, 0.2) is 0 Å². The zero-order valence-electron chi connectivity index (χ0n) is 10.6. The summed E-state index contributed by atoms with van der Waals surface area (Å²) in [5.41, 5.74) is 0.990. The Morgan fingerprint density at radius 3 is 3.06 bits per heavy atom. The first-order chi connectivity index (χ1) is 8.25. The number of amides is 1. The number of nitrogens with one attached hydrogen (secondary N) is 1. The van der Waals surface area contributed by atoms with Crippen LogP contribution in [0.25, 0.3) is 0 Å². The zero-order chi connectivity index (χ0) is 12.1. The number of aromatic nitrogens is 1. The second-order valence-corrected chi connectivity index (χ2v) is 4.52. The molecule has 0 bridgehead atoms. The van der Waals surface area contributed by atoms with E-state index in [0.29, 0.717) is 12.5 Å². The monoisotopic (exact) mass is 269 g/mol. The number of hydrogen-bond acceptors (Lipinski definition) is 3. The van der Waals surface area contributed by atoms with Crippen LogP contribution in [-0.2, 0) is 11.2 Å². The maximum Gasteiger partial charge on any atom is 0.223 e. The van der Waals surface area contributed by atoms with E-state index in [1.807, 2.05) is 23.1 Å². The number of halogens is 1. The normalized spacial score (nSPS) is 19.2. The number of aryl methyl sites for hydroxylation is 1. The fourth-order valence-electron chi connectivity index (χ4n) is 2.10. The van der Waals surface area contributed by atoms with Gasteiger partial charge in [-0.05, 0) is 25.5 Å². The Bertz CT molecular complexity index is 372. The topological polar surface area (TPSA) is 45.2 Å². The molecule has 0 spiro atoms. The molecule has 0 aliphatic carbocycles. The highest BCUT2D eigenvalue weighted by Gasteiger charge is 2.19. The molecule has 1 saturated heterocycles. The van der Waals surface area contributed by atoms with E-state index >= 15 is 0 Å². The number of rotatable bonds is 3. The van der Waals surface area contributed by atoms with Crippen molar-refractivity contribution in [2.45, 2.75) is 25.8 Å². The number of carbonyl (C=O) groups is 1. The Morgan fingerprint density at radius 1 is 1.56 bits per heavy atom. The molecule has 1 atom stereocenters. The Hall–Kier alpha value is -1.13. The average Bonchev–Trinajstić information content (AvgIpc) is 2.37. The third kappa shape index (κ3) is 4.27. The van der Waals surface area contributed by atoms with Gasteiger partial charge in [0.05, 0.1) is 0 Å². The largest absolute Gasteiger partial charge is 0.340 e.